The minimum Gasteiger partial charge on any atom is -0.306 e. The topological polar surface area (TPSA) is 83.5 Å². The first-order valence-electron chi connectivity index (χ1n) is 7.80. The summed E-state index contributed by atoms with van der Waals surface area (Å²) in [6.07, 6.45) is 0. The lowest BCUT2D eigenvalue weighted by atomic mass is 9.96. The van der Waals surface area contributed by atoms with E-state index in [0.29, 0.717) is 6.54 Å². The Morgan fingerprint density at radius 1 is 0.870 bits per heavy atom. The first-order chi connectivity index (χ1) is 10.8. The monoisotopic (exact) mass is 356 g/mol. The van der Waals surface area contributed by atoms with Gasteiger partial charge in [-0.25, -0.2) is 16.8 Å². The minimum atomic E-state index is -3.07. The normalized spacial score (nSPS) is 38.1. The van der Waals surface area contributed by atoms with Gasteiger partial charge in [-0.1, -0.05) is 30.3 Å². The molecule has 4 rings (SSSR count). The zero-order chi connectivity index (χ0) is 16.2. The number of benzene rings is 1. The maximum Gasteiger partial charge on any atom is 0.153 e. The number of hydrogen-bond donors (Lipinski definition) is 1. The molecule has 3 saturated heterocycles. The summed E-state index contributed by atoms with van der Waals surface area (Å²) in [5, 5.41) is 3.30. The number of nitrogens with one attached hydrogen (secondary N) is 1. The maximum atomic E-state index is 12.1. The van der Waals surface area contributed by atoms with E-state index in [0.717, 1.165) is 5.56 Å². The van der Waals surface area contributed by atoms with E-state index in [4.69, 9.17) is 0 Å². The van der Waals surface area contributed by atoms with Crippen LogP contribution < -0.4 is 5.32 Å². The van der Waals surface area contributed by atoms with Gasteiger partial charge >= 0.3 is 0 Å². The summed E-state index contributed by atoms with van der Waals surface area (Å²) >= 11 is 0. The fourth-order valence-electron chi connectivity index (χ4n) is 4.18. The van der Waals surface area contributed by atoms with E-state index >= 15 is 0 Å². The quantitative estimate of drug-likeness (QED) is 0.764. The fraction of sp³-hybridized carbons (Fsp3) is 0.600. The highest BCUT2D eigenvalue weighted by molar-refractivity contribution is 7.92. The van der Waals surface area contributed by atoms with Crippen molar-refractivity contribution >= 4 is 19.7 Å². The van der Waals surface area contributed by atoms with E-state index < -0.39 is 19.7 Å². The SMILES string of the molecule is O=S1(=O)C[C@@H]2N[C@@H]3CS(=O)(=O)C[C@H]3N(Cc3ccccc3)[C@@H]2C1. The van der Waals surface area contributed by atoms with Crippen LogP contribution in [-0.4, -0.2) is 68.9 Å². The number of fused-ring (bicyclic) bond motifs is 2. The number of sulfone groups is 2. The molecule has 23 heavy (non-hydrogen) atoms. The molecule has 0 radical (unpaired) electrons. The third-order valence-corrected chi connectivity index (χ3v) is 8.57. The second kappa shape index (κ2) is 5.27. The van der Waals surface area contributed by atoms with Gasteiger partial charge in [0.2, 0.25) is 0 Å². The Balaban J connectivity index is 1.68. The summed E-state index contributed by atoms with van der Waals surface area (Å²) in [5.74, 6) is 0.431. The largest absolute Gasteiger partial charge is 0.306 e. The molecule has 0 unspecified atom stereocenters. The zero-order valence-electron chi connectivity index (χ0n) is 12.6. The van der Waals surface area contributed by atoms with E-state index in [1.807, 2.05) is 30.3 Å². The first kappa shape index (κ1) is 15.6. The van der Waals surface area contributed by atoms with Crippen LogP contribution in [0.4, 0.5) is 0 Å². The molecular weight excluding hydrogens is 336 g/mol. The van der Waals surface area contributed by atoms with E-state index in [-0.39, 0.29) is 47.2 Å². The van der Waals surface area contributed by atoms with Crippen LogP contribution in [0.2, 0.25) is 0 Å². The van der Waals surface area contributed by atoms with Gasteiger partial charge in [-0.2, -0.15) is 0 Å². The third kappa shape index (κ3) is 2.93. The molecule has 6 nitrogen and oxygen atoms in total. The third-order valence-electron chi connectivity index (χ3n) is 5.13. The van der Waals surface area contributed by atoms with Crippen LogP contribution in [0.3, 0.4) is 0 Å². The molecule has 126 valence electrons. The van der Waals surface area contributed by atoms with Gasteiger partial charge in [-0.3, -0.25) is 4.90 Å². The Hall–Kier alpha value is -0.960. The van der Waals surface area contributed by atoms with Crippen molar-refractivity contribution in [2.45, 2.75) is 30.7 Å². The molecule has 0 bridgehead atoms. The van der Waals surface area contributed by atoms with Gasteiger partial charge in [0, 0.05) is 30.7 Å². The van der Waals surface area contributed by atoms with Crippen molar-refractivity contribution in [1.82, 2.24) is 10.2 Å². The lowest BCUT2D eigenvalue weighted by Gasteiger charge is -2.45. The number of nitrogens with zero attached hydrogens (tertiary/aromatic N) is 1. The van der Waals surface area contributed by atoms with Crippen LogP contribution in [0.1, 0.15) is 5.56 Å². The summed E-state index contributed by atoms with van der Waals surface area (Å²) in [6.45, 7) is 0.593. The molecule has 3 aliphatic heterocycles. The van der Waals surface area contributed by atoms with Crippen molar-refractivity contribution in [2.75, 3.05) is 23.0 Å². The summed E-state index contributed by atoms with van der Waals surface area (Å²) in [7, 11) is -6.13. The molecule has 0 aliphatic carbocycles. The maximum absolute atomic E-state index is 12.1. The van der Waals surface area contributed by atoms with Crippen LogP contribution in [0, 0.1) is 0 Å². The molecule has 1 N–H and O–H groups in total. The Morgan fingerprint density at radius 3 is 1.91 bits per heavy atom. The Labute approximate surface area is 136 Å². The number of hydrogen-bond acceptors (Lipinski definition) is 6. The van der Waals surface area contributed by atoms with E-state index in [1.165, 1.54) is 0 Å². The molecule has 0 aromatic heterocycles. The highest BCUT2D eigenvalue weighted by Crippen LogP contribution is 2.32. The van der Waals surface area contributed by atoms with E-state index in [9.17, 15) is 16.8 Å². The molecule has 0 spiro atoms. The molecule has 0 saturated carbocycles. The van der Waals surface area contributed by atoms with Gasteiger partial charge in [0.05, 0.1) is 23.0 Å². The molecule has 4 atom stereocenters. The predicted molar refractivity (Wildman–Crippen MR) is 87.6 cm³/mol. The van der Waals surface area contributed by atoms with Crippen molar-refractivity contribution in [3.8, 4) is 0 Å². The van der Waals surface area contributed by atoms with Crippen LogP contribution >= 0.6 is 0 Å². The lowest BCUT2D eigenvalue weighted by molar-refractivity contribution is 0.0678. The summed E-state index contributed by atoms with van der Waals surface area (Å²) in [4.78, 5) is 2.12. The van der Waals surface area contributed by atoms with Gasteiger partial charge in [0.15, 0.2) is 19.7 Å². The van der Waals surface area contributed by atoms with Crippen molar-refractivity contribution in [3.63, 3.8) is 0 Å². The van der Waals surface area contributed by atoms with Gasteiger partial charge in [0.25, 0.3) is 0 Å². The van der Waals surface area contributed by atoms with Crippen LogP contribution in [-0.2, 0) is 26.2 Å². The Kier molecular flexibility index (Phi) is 3.57. The Bertz CT molecular complexity index is 759. The standard InChI is InChI=1S/C15H20N2O4S2/c18-22(19)7-12-14(9-22)17(6-11-4-2-1-3-5-11)15-10-23(20,21)8-13(15)16-12/h1-5,12-16H,6-10H2/t12-,13+,14-,15-/m1/s1. The van der Waals surface area contributed by atoms with Crippen LogP contribution in [0.25, 0.3) is 0 Å². The van der Waals surface area contributed by atoms with Crippen molar-refractivity contribution in [1.29, 1.82) is 0 Å². The lowest BCUT2D eigenvalue weighted by Crippen LogP contribution is -2.66. The highest BCUT2D eigenvalue weighted by atomic mass is 32.2. The smallest absolute Gasteiger partial charge is 0.153 e. The molecular formula is C15H20N2O4S2. The van der Waals surface area contributed by atoms with Gasteiger partial charge < -0.3 is 5.32 Å². The number of piperazine rings is 1. The molecule has 3 aliphatic rings. The second-order valence-corrected chi connectivity index (χ2v) is 11.1. The van der Waals surface area contributed by atoms with Gasteiger partial charge in [0.1, 0.15) is 0 Å². The van der Waals surface area contributed by atoms with Crippen LogP contribution in [0.15, 0.2) is 30.3 Å². The predicted octanol–water partition coefficient (Wildman–Crippen LogP) is -0.577. The fourth-order valence-corrected chi connectivity index (χ4v) is 8.07. The second-order valence-electron chi connectivity index (χ2n) is 6.83. The summed E-state index contributed by atoms with van der Waals surface area (Å²) < 4.78 is 48.2. The molecule has 3 heterocycles. The van der Waals surface area contributed by atoms with Crippen molar-refractivity contribution in [2.24, 2.45) is 0 Å². The number of rotatable bonds is 2. The summed E-state index contributed by atoms with van der Waals surface area (Å²) in [6, 6.07) is 9.21. The summed E-state index contributed by atoms with van der Waals surface area (Å²) in [5.41, 5.74) is 1.08. The average Bonchev–Trinajstić information content (AvgIpc) is 2.93. The van der Waals surface area contributed by atoms with Gasteiger partial charge in [-0.15, -0.1) is 0 Å². The van der Waals surface area contributed by atoms with E-state index in [2.05, 4.69) is 10.2 Å². The minimum absolute atomic E-state index is 0.103. The Morgan fingerprint density at radius 2 is 1.39 bits per heavy atom. The van der Waals surface area contributed by atoms with E-state index in [1.54, 1.807) is 0 Å². The van der Waals surface area contributed by atoms with Crippen LogP contribution in [0.5, 0.6) is 0 Å². The molecule has 1 aromatic rings. The van der Waals surface area contributed by atoms with Crippen molar-refractivity contribution in [3.05, 3.63) is 35.9 Å². The zero-order valence-corrected chi connectivity index (χ0v) is 14.3. The first-order valence-corrected chi connectivity index (χ1v) is 11.4. The van der Waals surface area contributed by atoms with Gasteiger partial charge in [-0.05, 0) is 5.56 Å². The molecule has 3 fully saturated rings. The highest BCUT2D eigenvalue weighted by Gasteiger charge is 2.53. The molecule has 0 amide bonds. The van der Waals surface area contributed by atoms with Crippen molar-refractivity contribution < 1.29 is 16.8 Å². The average molecular weight is 356 g/mol. The molecule has 8 heteroatoms. The molecule has 1 aromatic carbocycles.